The maximum absolute atomic E-state index is 12.0. The molecule has 100 valence electrons. The first-order valence-corrected chi connectivity index (χ1v) is 6.76. The van der Waals surface area contributed by atoms with Crippen molar-refractivity contribution in [3.63, 3.8) is 0 Å². The Labute approximate surface area is 97.6 Å². The quantitative estimate of drug-likeness (QED) is 0.435. The monoisotopic (exact) mass is 272 g/mol. The zero-order valence-corrected chi connectivity index (χ0v) is 9.85. The van der Waals surface area contributed by atoms with E-state index in [9.17, 15) is 26.7 Å². The lowest BCUT2D eigenvalue weighted by atomic mass is 10.0. The van der Waals surface area contributed by atoms with E-state index >= 15 is 0 Å². The first-order chi connectivity index (χ1) is 7.74. The van der Waals surface area contributed by atoms with Gasteiger partial charge in [-0.25, -0.2) is 0 Å². The van der Waals surface area contributed by atoms with Crippen molar-refractivity contribution < 1.29 is 26.7 Å². The van der Waals surface area contributed by atoms with Crippen LogP contribution < -0.4 is 5.11 Å². The zero-order chi connectivity index (χ0) is 13.1. The average molecular weight is 272 g/mol. The fourth-order valence-electron chi connectivity index (χ4n) is 1.77. The Morgan fingerprint density at radius 3 is 2.00 bits per heavy atom. The second kappa shape index (κ2) is 5.24. The van der Waals surface area contributed by atoms with E-state index in [-0.39, 0.29) is 0 Å². The summed E-state index contributed by atoms with van der Waals surface area (Å²) < 4.78 is 59.7. The van der Waals surface area contributed by atoms with Crippen LogP contribution >= 0.6 is 0 Å². The number of sulfonamides is 1. The smallest absolute Gasteiger partial charge is 0.518 e. The van der Waals surface area contributed by atoms with Crippen LogP contribution in [0.1, 0.15) is 38.5 Å². The third-order valence-electron chi connectivity index (χ3n) is 2.71. The molecule has 0 amide bonds. The average Bonchev–Trinajstić information content (AvgIpc) is 2.42. The molecule has 0 aromatic heterocycles. The number of hydrogen-bond donors (Lipinski definition) is 0. The minimum absolute atomic E-state index is 0.412. The maximum atomic E-state index is 12.0. The first kappa shape index (κ1) is 14.3. The number of halogens is 3. The van der Waals surface area contributed by atoms with Crippen molar-refractivity contribution in [1.29, 1.82) is 0 Å². The van der Waals surface area contributed by atoms with E-state index in [4.69, 9.17) is 0 Å². The van der Waals surface area contributed by atoms with Crippen LogP contribution in [0.25, 0.3) is 0 Å². The van der Waals surface area contributed by atoms with E-state index < -0.39 is 27.3 Å². The molecule has 0 aromatic rings. The Morgan fingerprint density at radius 1 is 1.12 bits per heavy atom. The summed E-state index contributed by atoms with van der Waals surface area (Å²) in [5.41, 5.74) is -5.49. The van der Waals surface area contributed by atoms with E-state index in [0.29, 0.717) is 12.8 Å². The molecular weight excluding hydrogens is 259 g/mol. The molecule has 0 unspecified atom stereocenters. The third-order valence-corrected chi connectivity index (χ3v) is 3.71. The normalized spacial score (nSPS) is 21.2. The summed E-state index contributed by atoms with van der Waals surface area (Å²) in [5.74, 6) is -1.85. The Bertz CT molecular complexity index is 381. The van der Waals surface area contributed by atoms with Gasteiger partial charge in [-0.05, 0) is 24.7 Å². The molecule has 0 N–H and O–H groups in total. The third kappa shape index (κ3) is 3.86. The van der Waals surface area contributed by atoms with Gasteiger partial charge in [-0.2, -0.15) is 26.0 Å². The summed E-state index contributed by atoms with van der Waals surface area (Å²) in [6, 6.07) is 0. The molecule has 1 aliphatic rings. The second-order valence-electron chi connectivity index (χ2n) is 4.04. The molecule has 0 atom stereocenters. The van der Waals surface area contributed by atoms with Gasteiger partial charge in [0.15, 0.2) is 0 Å². The molecule has 0 bridgehead atoms. The van der Waals surface area contributed by atoms with Crippen molar-refractivity contribution in [2.75, 3.05) is 0 Å². The fraction of sp³-hybridized carbons (Fsp3) is 0.889. The molecule has 1 saturated carbocycles. The van der Waals surface area contributed by atoms with E-state index in [1.54, 1.807) is 0 Å². The molecule has 1 rings (SSSR count). The molecule has 0 saturated heterocycles. The SMILES string of the molecule is O=S(=O)(/N=C(\[O-])C1CCCCCC1)C(F)(F)F. The number of rotatable bonds is 2. The van der Waals surface area contributed by atoms with Gasteiger partial charge >= 0.3 is 15.5 Å². The summed E-state index contributed by atoms with van der Waals surface area (Å²) in [4.78, 5) is 0. The maximum Gasteiger partial charge on any atom is 0.518 e. The van der Waals surface area contributed by atoms with Crippen molar-refractivity contribution in [2.24, 2.45) is 10.3 Å². The highest BCUT2D eigenvalue weighted by atomic mass is 32.2. The van der Waals surface area contributed by atoms with Crippen LogP contribution in [0, 0.1) is 5.92 Å². The lowest BCUT2D eigenvalue weighted by Crippen LogP contribution is -2.31. The lowest BCUT2D eigenvalue weighted by Gasteiger charge is -2.21. The molecule has 0 radical (unpaired) electrons. The minimum Gasteiger partial charge on any atom is -0.861 e. The largest absolute Gasteiger partial charge is 0.861 e. The summed E-state index contributed by atoms with van der Waals surface area (Å²) in [5, 5.41) is 11.4. The van der Waals surface area contributed by atoms with Crippen molar-refractivity contribution in [3.8, 4) is 0 Å². The summed E-state index contributed by atoms with van der Waals surface area (Å²) in [7, 11) is -5.68. The molecule has 4 nitrogen and oxygen atoms in total. The van der Waals surface area contributed by atoms with Crippen LogP contribution in [0.5, 0.6) is 0 Å². The number of alkyl halides is 3. The molecule has 1 fully saturated rings. The Hall–Kier alpha value is -0.790. The van der Waals surface area contributed by atoms with Gasteiger partial charge in [0, 0.05) is 0 Å². The molecule has 17 heavy (non-hydrogen) atoms. The van der Waals surface area contributed by atoms with E-state index in [2.05, 4.69) is 4.40 Å². The van der Waals surface area contributed by atoms with Gasteiger partial charge in [0.05, 0.1) is 0 Å². The van der Waals surface area contributed by atoms with Crippen molar-refractivity contribution in [2.45, 2.75) is 44.0 Å². The van der Waals surface area contributed by atoms with Crippen LogP contribution in [-0.4, -0.2) is 19.8 Å². The van der Waals surface area contributed by atoms with E-state index in [1.165, 1.54) is 0 Å². The molecule has 1 aliphatic carbocycles. The summed E-state index contributed by atoms with van der Waals surface area (Å²) in [6.45, 7) is 0. The Morgan fingerprint density at radius 2 is 1.59 bits per heavy atom. The highest BCUT2D eigenvalue weighted by Gasteiger charge is 2.45. The van der Waals surface area contributed by atoms with Gasteiger partial charge in [-0.15, -0.1) is 0 Å². The van der Waals surface area contributed by atoms with Gasteiger partial charge < -0.3 is 5.11 Å². The van der Waals surface area contributed by atoms with Crippen LogP contribution in [0.4, 0.5) is 13.2 Å². The van der Waals surface area contributed by atoms with Crippen LogP contribution in [0.15, 0.2) is 4.40 Å². The summed E-state index contributed by atoms with van der Waals surface area (Å²) >= 11 is 0. The summed E-state index contributed by atoms with van der Waals surface area (Å²) in [6.07, 6.45) is 4.09. The van der Waals surface area contributed by atoms with Crippen molar-refractivity contribution >= 4 is 15.9 Å². The van der Waals surface area contributed by atoms with Gasteiger partial charge in [0.2, 0.25) is 0 Å². The van der Waals surface area contributed by atoms with Crippen LogP contribution in [0.3, 0.4) is 0 Å². The van der Waals surface area contributed by atoms with Crippen LogP contribution in [0.2, 0.25) is 0 Å². The van der Waals surface area contributed by atoms with Gasteiger partial charge in [-0.1, -0.05) is 25.7 Å². The van der Waals surface area contributed by atoms with Crippen LogP contribution in [-0.2, 0) is 10.0 Å². The zero-order valence-electron chi connectivity index (χ0n) is 9.03. The molecule has 0 aromatic carbocycles. The highest BCUT2D eigenvalue weighted by Crippen LogP contribution is 2.27. The fourth-order valence-corrected chi connectivity index (χ4v) is 2.26. The minimum atomic E-state index is -5.68. The predicted octanol–water partition coefficient (Wildman–Crippen LogP) is 1.57. The van der Waals surface area contributed by atoms with Gasteiger partial charge in [0.1, 0.15) is 0 Å². The molecule has 0 aliphatic heterocycles. The van der Waals surface area contributed by atoms with Gasteiger partial charge in [-0.3, -0.25) is 0 Å². The second-order valence-corrected chi connectivity index (χ2v) is 5.63. The van der Waals surface area contributed by atoms with Crippen molar-refractivity contribution in [1.82, 2.24) is 0 Å². The first-order valence-electron chi connectivity index (χ1n) is 5.32. The van der Waals surface area contributed by atoms with E-state index in [0.717, 1.165) is 25.7 Å². The highest BCUT2D eigenvalue weighted by molar-refractivity contribution is 7.91. The van der Waals surface area contributed by atoms with Crippen molar-refractivity contribution in [3.05, 3.63) is 0 Å². The predicted molar refractivity (Wildman–Crippen MR) is 53.6 cm³/mol. The molecule has 0 spiro atoms. The number of nitrogens with zero attached hydrogens (tertiary/aromatic N) is 1. The molecule has 8 heteroatoms. The lowest BCUT2D eigenvalue weighted by molar-refractivity contribution is -0.223. The Balaban J connectivity index is 2.84. The van der Waals surface area contributed by atoms with E-state index in [1.807, 2.05) is 0 Å². The topological polar surface area (TPSA) is 69.6 Å². The standard InChI is InChI=1S/C9H14F3NO3S/c10-9(11,12)17(15,16)13-8(14)7-5-3-1-2-4-6-7/h7H,1-6H2,(H,13,14)/p-1. The molecular formula is C9H13F3NO3S-. The molecule has 0 heterocycles. The Kier molecular flexibility index (Phi) is 4.40. The van der Waals surface area contributed by atoms with Gasteiger partial charge in [0.25, 0.3) is 0 Å². The number of hydrogen-bond acceptors (Lipinski definition) is 3.